The first-order valence-electron chi connectivity index (χ1n) is 5.20. The first-order valence-corrected chi connectivity index (χ1v) is 7.47. The monoisotopic (exact) mass is 361 g/mol. The number of benzene rings is 1. The molecule has 10 heteroatoms. The summed E-state index contributed by atoms with van der Waals surface area (Å²) in [6.07, 6.45) is 0. The van der Waals surface area contributed by atoms with Gasteiger partial charge in [0.1, 0.15) is 5.76 Å². The summed E-state index contributed by atoms with van der Waals surface area (Å²) in [5.74, 6) is 0.364. The van der Waals surface area contributed by atoms with Crippen molar-refractivity contribution in [3.05, 3.63) is 44.6 Å². The zero-order valence-electron chi connectivity index (χ0n) is 10.0. The van der Waals surface area contributed by atoms with Crippen LogP contribution in [0.1, 0.15) is 5.76 Å². The predicted molar refractivity (Wildman–Crippen MR) is 72.8 cm³/mol. The second kappa shape index (κ2) is 5.21. The van der Waals surface area contributed by atoms with E-state index >= 15 is 0 Å². The highest BCUT2D eigenvalue weighted by Crippen LogP contribution is 2.28. The third kappa shape index (κ3) is 2.96. The SMILES string of the molecule is Cc1cc(NS(=O)(=O)c2cc(Br)ccc2[N+](=O)[O-])no1. The van der Waals surface area contributed by atoms with Gasteiger partial charge in [0, 0.05) is 16.6 Å². The Kier molecular flexibility index (Phi) is 3.77. The Balaban J connectivity index is 2.48. The van der Waals surface area contributed by atoms with Gasteiger partial charge in [0.15, 0.2) is 10.7 Å². The molecule has 1 aromatic heterocycles. The van der Waals surface area contributed by atoms with Gasteiger partial charge in [0.05, 0.1) is 4.92 Å². The van der Waals surface area contributed by atoms with Gasteiger partial charge in [-0.2, -0.15) is 0 Å². The van der Waals surface area contributed by atoms with E-state index in [4.69, 9.17) is 4.52 Å². The van der Waals surface area contributed by atoms with E-state index in [1.807, 2.05) is 0 Å². The van der Waals surface area contributed by atoms with Crippen LogP contribution in [0.4, 0.5) is 11.5 Å². The van der Waals surface area contributed by atoms with Crippen LogP contribution in [0, 0.1) is 17.0 Å². The Morgan fingerprint density at radius 2 is 2.10 bits per heavy atom. The van der Waals surface area contributed by atoms with E-state index in [9.17, 15) is 18.5 Å². The van der Waals surface area contributed by atoms with Crippen LogP contribution in [-0.4, -0.2) is 18.5 Å². The van der Waals surface area contributed by atoms with Crippen LogP contribution in [0.5, 0.6) is 0 Å². The lowest BCUT2D eigenvalue weighted by Crippen LogP contribution is -2.15. The molecule has 0 bridgehead atoms. The molecule has 0 fully saturated rings. The van der Waals surface area contributed by atoms with Gasteiger partial charge < -0.3 is 4.52 Å². The molecular weight excluding hydrogens is 354 g/mol. The molecule has 0 atom stereocenters. The van der Waals surface area contributed by atoms with Gasteiger partial charge in [0.25, 0.3) is 15.7 Å². The van der Waals surface area contributed by atoms with Crippen LogP contribution in [-0.2, 0) is 10.0 Å². The molecule has 0 unspecified atom stereocenters. The first-order chi connectivity index (χ1) is 9.29. The summed E-state index contributed by atoms with van der Waals surface area (Å²) in [4.78, 5) is 9.67. The lowest BCUT2D eigenvalue weighted by Gasteiger charge is -2.06. The first kappa shape index (κ1) is 14.5. The van der Waals surface area contributed by atoms with Crippen LogP contribution in [0.15, 0.2) is 38.2 Å². The standard InChI is InChI=1S/C10H8BrN3O5S/c1-6-4-10(12-19-6)13-20(17,18)9-5-7(11)2-3-8(9)14(15)16/h2-5H,1H3,(H,12,13). The maximum absolute atomic E-state index is 12.2. The highest BCUT2D eigenvalue weighted by molar-refractivity contribution is 9.10. The zero-order chi connectivity index (χ0) is 14.9. The van der Waals surface area contributed by atoms with Crippen molar-refractivity contribution in [3.8, 4) is 0 Å². The Labute approximate surface area is 122 Å². The van der Waals surface area contributed by atoms with E-state index in [-0.39, 0.29) is 5.82 Å². The van der Waals surface area contributed by atoms with Gasteiger partial charge in [-0.15, -0.1) is 0 Å². The minimum atomic E-state index is -4.14. The van der Waals surface area contributed by atoms with E-state index in [2.05, 4.69) is 25.8 Å². The van der Waals surface area contributed by atoms with Gasteiger partial charge in [-0.3, -0.25) is 14.8 Å². The number of halogens is 1. The van der Waals surface area contributed by atoms with Crippen molar-refractivity contribution in [1.29, 1.82) is 0 Å². The molecule has 0 amide bonds. The van der Waals surface area contributed by atoms with Crippen LogP contribution >= 0.6 is 15.9 Å². The van der Waals surface area contributed by atoms with Gasteiger partial charge in [-0.1, -0.05) is 21.1 Å². The van der Waals surface area contributed by atoms with E-state index in [0.717, 1.165) is 12.1 Å². The summed E-state index contributed by atoms with van der Waals surface area (Å²) in [6, 6.07) is 5.00. The number of sulfonamides is 1. The fourth-order valence-electron chi connectivity index (χ4n) is 1.46. The molecule has 20 heavy (non-hydrogen) atoms. The second-order valence-electron chi connectivity index (χ2n) is 3.80. The second-order valence-corrected chi connectivity index (χ2v) is 6.36. The highest BCUT2D eigenvalue weighted by Gasteiger charge is 2.27. The molecule has 0 radical (unpaired) electrons. The van der Waals surface area contributed by atoms with Crippen LogP contribution in [0.25, 0.3) is 0 Å². The average molecular weight is 362 g/mol. The van der Waals surface area contributed by atoms with Crippen molar-refractivity contribution in [2.24, 2.45) is 0 Å². The number of nitrogens with one attached hydrogen (secondary N) is 1. The van der Waals surface area contributed by atoms with Crippen molar-refractivity contribution >= 4 is 37.5 Å². The minimum Gasteiger partial charge on any atom is -0.360 e. The molecule has 0 saturated carbocycles. The molecule has 106 valence electrons. The summed E-state index contributed by atoms with van der Waals surface area (Å²) in [5.41, 5.74) is -0.527. The maximum Gasteiger partial charge on any atom is 0.289 e. The Morgan fingerprint density at radius 1 is 1.40 bits per heavy atom. The van der Waals surface area contributed by atoms with Crippen molar-refractivity contribution in [2.45, 2.75) is 11.8 Å². The minimum absolute atomic E-state index is 0.0447. The molecule has 0 aliphatic rings. The lowest BCUT2D eigenvalue weighted by atomic mass is 10.3. The number of nitro benzene ring substituents is 1. The average Bonchev–Trinajstić information content (AvgIpc) is 2.73. The number of aryl methyl sites for hydroxylation is 1. The molecule has 8 nitrogen and oxygen atoms in total. The number of hydrogen-bond acceptors (Lipinski definition) is 6. The van der Waals surface area contributed by atoms with E-state index in [1.165, 1.54) is 12.1 Å². The van der Waals surface area contributed by atoms with E-state index < -0.39 is 25.5 Å². The third-order valence-corrected chi connectivity index (χ3v) is 4.15. The fourth-order valence-corrected chi connectivity index (χ4v) is 3.16. The quantitative estimate of drug-likeness (QED) is 0.660. The molecule has 0 spiro atoms. The molecule has 2 rings (SSSR count). The molecule has 1 aromatic carbocycles. The maximum atomic E-state index is 12.2. The number of hydrogen-bond donors (Lipinski definition) is 1. The fraction of sp³-hybridized carbons (Fsp3) is 0.100. The van der Waals surface area contributed by atoms with E-state index in [0.29, 0.717) is 10.2 Å². The molecule has 1 N–H and O–H groups in total. The van der Waals surface area contributed by atoms with Gasteiger partial charge in [-0.05, 0) is 19.1 Å². The Morgan fingerprint density at radius 3 is 2.65 bits per heavy atom. The van der Waals surface area contributed by atoms with E-state index in [1.54, 1.807) is 6.92 Å². The summed E-state index contributed by atoms with van der Waals surface area (Å²) in [6.45, 7) is 1.59. The predicted octanol–water partition coefficient (Wildman–Crippen LogP) is 2.45. The van der Waals surface area contributed by atoms with Crippen molar-refractivity contribution < 1.29 is 17.9 Å². The Bertz CT molecular complexity index is 771. The molecule has 0 aliphatic carbocycles. The van der Waals surface area contributed by atoms with Crippen LogP contribution < -0.4 is 4.72 Å². The topological polar surface area (TPSA) is 115 Å². The van der Waals surface area contributed by atoms with Crippen molar-refractivity contribution in [3.63, 3.8) is 0 Å². The molecular formula is C10H8BrN3O5S. The highest BCUT2D eigenvalue weighted by atomic mass is 79.9. The largest absolute Gasteiger partial charge is 0.360 e. The normalized spacial score (nSPS) is 11.3. The molecule has 1 heterocycles. The number of aromatic nitrogens is 1. The number of anilines is 1. The van der Waals surface area contributed by atoms with Crippen molar-refractivity contribution in [2.75, 3.05) is 4.72 Å². The van der Waals surface area contributed by atoms with Crippen LogP contribution in [0.2, 0.25) is 0 Å². The number of nitrogens with zero attached hydrogens (tertiary/aromatic N) is 2. The number of nitro groups is 1. The third-order valence-electron chi connectivity index (χ3n) is 2.27. The summed E-state index contributed by atoms with van der Waals surface area (Å²) >= 11 is 3.08. The van der Waals surface area contributed by atoms with Gasteiger partial charge in [-0.25, -0.2) is 8.42 Å². The summed E-state index contributed by atoms with van der Waals surface area (Å²) < 4.78 is 31.6. The molecule has 2 aromatic rings. The summed E-state index contributed by atoms with van der Waals surface area (Å²) in [7, 11) is -4.14. The molecule has 0 aliphatic heterocycles. The molecule has 0 saturated heterocycles. The lowest BCUT2D eigenvalue weighted by molar-refractivity contribution is -0.387. The van der Waals surface area contributed by atoms with Gasteiger partial charge in [0.2, 0.25) is 0 Å². The smallest absolute Gasteiger partial charge is 0.289 e. The Hall–Kier alpha value is -1.94. The number of rotatable bonds is 4. The van der Waals surface area contributed by atoms with Gasteiger partial charge >= 0.3 is 0 Å². The van der Waals surface area contributed by atoms with Crippen molar-refractivity contribution in [1.82, 2.24) is 5.16 Å². The van der Waals surface area contributed by atoms with Crippen LogP contribution in [0.3, 0.4) is 0 Å². The zero-order valence-corrected chi connectivity index (χ0v) is 12.4. The summed E-state index contributed by atoms with van der Waals surface area (Å²) in [5, 5.41) is 14.4.